The van der Waals surface area contributed by atoms with Crippen LogP contribution in [0.1, 0.15) is 10.4 Å². The Morgan fingerprint density at radius 2 is 1.85 bits per heavy atom. The van der Waals surface area contributed by atoms with Gasteiger partial charge < -0.3 is 4.74 Å². The van der Waals surface area contributed by atoms with E-state index >= 15 is 0 Å². The van der Waals surface area contributed by atoms with Crippen LogP contribution in [0.3, 0.4) is 0 Å². The number of carbonyl (C=O) groups excluding carboxylic acids is 1. The highest BCUT2D eigenvalue weighted by Gasteiger charge is 2.10. The molecular weight excluding hydrogens is 269 g/mol. The topological polar surface area (TPSA) is 26.3 Å². The number of benzene rings is 2. The first-order valence-corrected chi connectivity index (χ1v) is 5.86. The molecule has 2 aromatic carbocycles. The molecule has 0 aliphatic rings. The normalized spacial score (nSPS) is 10.6. The van der Waals surface area contributed by atoms with Gasteiger partial charge in [0.1, 0.15) is 18.2 Å². The molecule has 0 amide bonds. The maximum absolute atomic E-state index is 13.2. The zero-order chi connectivity index (χ0) is 14.5. The molecule has 0 aromatic heterocycles. The van der Waals surface area contributed by atoms with E-state index in [0.29, 0.717) is 17.4 Å². The average Bonchev–Trinajstić information content (AvgIpc) is 2.44. The van der Waals surface area contributed by atoms with E-state index in [2.05, 4.69) is 0 Å². The monoisotopic (exact) mass is 280 g/mol. The minimum absolute atomic E-state index is 0.0575. The smallest absolute Gasteiger partial charge is 0.272 e. The van der Waals surface area contributed by atoms with Crippen LogP contribution >= 0.6 is 0 Å². The molecule has 2 aromatic rings. The van der Waals surface area contributed by atoms with Crippen molar-refractivity contribution in [3.05, 3.63) is 53.8 Å². The third-order valence-corrected chi connectivity index (χ3v) is 2.66. The number of carbonyl (C=O) groups is 1. The fourth-order valence-corrected chi connectivity index (χ4v) is 1.76. The number of aldehydes is 1. The van der Waals surface area contributed by atoms with Gasteiger partial charge in [0.15, 0.2) is 6.29 Å². The van der Waals surface area contributed by atoms with Crippen molar-refractivity contribution in [3.63, 3.8) is 0 Å². The molecule has 0 saturated heterocycles. The number of alkyl halides is 2. The summed E-state index contributed by atoms with van der Waals surface area (Å²) in [5, 5.41) is 0. The van der Waals surface area contributed by atoms with E-state index in [1.165, 1.54) is 30.3 Å². The lowest BCUT2D eigenvalue weighted by molar-refractivity contribution is 0.0809. The number of hydrogen-bond donors (Lipinski definition) is 0. The van der Waals surface area contributed by atoms with Gasteiger partial charge in [0.25, 0.3) is 6.43 Å². The molecule has 0 unspecified atom stereocenters. The van der Waals surface area contributed by atoms with Gasteiger partial charge in [0, 0.05) is 0 Å². The summed E-state index contributed by atoms with van der Waals surface area (Å²) in [5.41, 5.74) is 1.33. The molecule has 104 valence electrons. The SMILES string of the molecule is O=Cc1ccc(-c2cccc(F)c2)cc1OCC(F)F. The lowest BCUT2D eigenvalue weighted by atomic mass is 10.0. The minimum Gasteiger partial charge on any atom is -0.487 e. The quantitative estimate of drug-likeness (QED) is 0.775. The highest BCUT2D eigenvalue weighted by molar-refractivity contribution is 5.81. The first kappa shape index (κ1) is 14.1. The van der Waals surface area contributed by atoms with E-state index in [1.807, 2.05) is 0 Å². The third kappa shape index (κ3) is 3.38. The maximum Gasteiger partial charge on any atom is 0.272 e. The van der Waals surface area contributed by atoms with E-state index in [-0.39, 0.29) is 11.3 Å². The van der Waals surface area contributed by atoms with Gasteiger partial charge in [-0.15, -0.1) is 0 Å². The highest BCUT2D eigenvalue weighted by Crippen LogP contribution is 2.27. The van der Waals surface area contributed by atoms with E-state index in [4.69, 9.17) is 4.74 Å². The van der Waals surface area contributed by atoms with Crippen LogP contribution in [0.4, 0.5) is 13.2 Å². The van der Waals surface area contributed by atoms with E-state index < -0.39 is 18.8 Å². The number of hydrogen-bond acceptors (Lipinski definition) is 2. The fraction of sp³-hybridized carbons (Fsp3) is 0.133. The van der Waals surface area contributed by atoms with E-state index in [9.17, 15) is 18.0 Å². The van der Waals surface area contributed by atoms with E-state index in [0.717, 1.165) is 0 Å². The molecule has 0 aliphatic heterocycles. The van der Waals surface area contributed by atoms with Crippen molar-refractivity contribution in [3.8, 4) is 16.9 Å². The molecule has 2 rings (SSSR count). The summed E-state index contributed by atoms with van der Waals surface area (Å²) in [7, 11) is 0. The molecule has 20 heavy (non-hydrogen) atoms. The van der Waals surface area contributed by atoms with Crippen molar-refractivity contribution in [2.75, 3.05) is 6.61 Å². The summed E-state index contributed by atoms with van der Waals surface area (Å²) in [6.07, 6.45) is -2.11. The van der Waals surface area contributed by atoms with Crippen molar-refractivity contribution in [2.45, 2.75) is 6.43 Å². The summed E-state index contributed by atoms with van der Waals surface area (Å²) in [6, 6.07) is 10.3. The first-order chi connectivity index (χ1) is 9.60. The average molecular weight is 280 g/mol. The molecule has 0 N–H and O–H groups in total. The van der Waals surface area contributed by atoms with Gasteiger partial charge in [-0.3, -0.25) is 4.79 Å². The van der Waals surface area contributed by atoms with Crippen LogP contribution in [0.2, 0.25) is 0 Å². The van der Waals surface area contributed by atoms with Gasteiger partial charge in [-0.2, -0.15) is 0 Å². The molecule has 0 aliphatic carbocycles. The van der Waals surface area contributed by atoms with Gasteiger partial charge in [-0.05, 0) is 35.4 Å². The largest absolute Gasteiger partial charge is 0.487 e. The molecule has 0 spiro atoms. The first-order valence-electron chi connectivity index (χ1n) is 5.86. The van der Waals surface area contributed by atoms with Gasteiger partial charge in [-0.25, -0.2) is 13.2 Å². The highest BCUT2D eigenvalue weighted by atomic mass is 19.3. The van der Waals surface area contributed by atoms with Crippen LogP contribution in [0.25, 0.3) is 11.1 Å². The molecule has 0 fully saturated rings. The Hall–Kier alpha value is -2.30. The zero-order valence-corrected chi connectivity index (χ0v) is 10.4. The van der Waals surface area contributed by atoms with Crippen LogP contribution in [-0.2, 0) is 0 Å². The van der Waals surface area contributed by atoms with Gasteiger partial charge >= 0.3 is 0 Å². The van der Waals surface area contributed by atoms with Gasteiger partial charge in [-0.1, -0.05) is 18.2 Å². The van der Waals surface area contributed by atoms with E-state index in [1.54, 1.807) is 12.1 Å². The molecule has 0 bridgehead atoms. The number of halogens is 3. The predicted octanol–water partition coefficient (Wildman–Crippen LogP) is 3.95. The van der Waals surface area contributed by atoms with Crippen molar-refractivity contribution in [1.29, 1.82) is 0 Å². The molecule has 5 heteroatoms. The Morgan fingerprint density at radius 3 is 2.50 bits per heavy atom. The number of rotatable bonds is 5. The molecular formula is C15H11F3O2. The van der Waals surface area contributed by atoms with Crippen LogP contribution in [0, 0.1) is 5.82 Å². The standard InChI is InChI=1S/C15H11F3O2/c16-13-3-1-2-10(6-13)11-4-5-12(8-19)14(7-11)20-9-15(17)18/h1-8,15H,9H2. The Kier molecular flexibility index (Phi) is 4.40. The lowest BCUT2D eigenvalue weighted by Gasteiger charge is -2.10. The zero-order valence-electron chi connectivity index (χ0n) is 10.4. The van der Waals surface area contributed by atoms with Gasteiger partial charge in [0.2, 0.25) is 0 Å². The van der Waals surface area contributed by atoms with Crippen LogP contribution in [0.5, 0.6) is 5.75 Å². The Balaban J connectivity index is 2.36. The molecule has 2 nitrogen and oxygen atoms in total. The van der Waals surface area contributed by atoms with Crippen LogP contribution in [-0.4, -0.2) is 19.3 Å². The Bertz CT molecular complexity index is 612. The van der Waals surface area contributed by atoms with Crippen LogP contribution in [0.15, 0.2) is 42.5 Å². The second-order valence-corrected chi connectivity index (χ2v) is 4.08. The lowest BCUT2D eigenvalue weighted by Crippen LogP contribution is -2.08. The Labute approximate surface area is 113 Å². The van der Waals surface area contributed by atoms with Crippen molar-refractivity contribution in [2.24, 2.45) is 0 Å². The molecule has 0 radical (unpaired) electrons. The van der Waals surface area contributed by atoms with Crippen molar-refractivity contribution >= 4 is 6.29 Å². The summed E-state index contributed by atoms with van der Waals surface area (Å²) < 4.78 is 42.4. The predicted molar refractivity (Wildman–Crippen MR) is 68.7 cm³/mol. The minimum atomic E-state index is -2.63. The number of ether oxygens (including phenoxy) is 1. The summed E-state index contributed by atoms with van der Waals surface area (Å²) in [4.78, 5) is 10.8. The Morgan fingerprint density at radius 1 is 1.10 bits per heavy atom. The van der Waals surface area contributed by atoms with Crippen molar-refractivity contribution in [1.82, 2.24) is 0 Å². The maximum atomic E-state index is 13.2. The van der Waals surface area contributed by atoms with Crippen molar-refractivity contribution < 1.29 is 22.7 Å². The second-order valence-electron chi connectivity index (χ2n) is 4.08. The second kappa shape index (κ2) is 6.23. The summed E-state index contributed by atoms with van der Waals surface area (Å²) >= 11 is 0. The molecule has 0 saturated carbocycles. The van der Waals surface area contributed by atoms with Crippen LogP contribution < -0.4 is 4.74 Å². The van der Waals surface area contributed by atoms with Gasteiger partial charge in [0.05, 0.1) is 5.56 Å². The third-order valence-electron chi connectivity index (χ3n) is 2.66. The molecule has 0 heterocycles. The summed E-state index contributed by atoms with van der Waals surface area (Å²) in [6.45, 7) is -0.798. The summed E-state index contributed by atoms with van der Waals surface area (Å²) in [5.74, 6) is -0.348. The molecule has 0 atom stereocenters. The fourth-order valence-electron chi connectivity index (χ4n) is 1.76.